The molecule has 1 aliphatic heterocycles. The van der Waals surface area contributed by atoms with Gasteiger partial charge in [0.25, 0.3) is 0 Å². The lowest BCUT2D eigenvalue weighted by Gasteiger charge is -2.52. The Bertz CT molecular complexity index is 373. The van der Waals surface area contributed by atoms with Gasteiger partial charge < -0.3 is 10.2 Å². The summed E-state index contributed by atoms with van der Waals surface area (Å²) in [6, 6.07) is -0.338. The largest absolute Gasteiger partial charge is 0.340 e. The number of piperazine rings is 1. The molecule has 1 fully saturated rings. The Balaban J connectivity index is 3.26. The molecule has 1 unspecified atom stereocenters. The number of hydrogen-bond acceptors (Lipinski definition) is 2. The summed E-state index contributed by atoms with van der Waals surface area (Å²) in [5.74, 6) is 0.0902. The summed E-state index contributed by atoms with van der Waals surface area (Å²) in [4.78, 5) is 27.4. The SMILES string of the molecule is CCCC(C)(C)N1C(=O)C(CC)(CC)NC(=O)C1CC. The summed E-state index contributed by atoms with van der Waals surface area (Å²) in [5, 5.41) is 2.99. The Morgan fingerprint density at radius 1 is 1.15 bits per heavy atom. The maximum absolute atomic E-state index is 13.1. The first kappa shape index (κ1) is 17.0. The van der Waals surface area contributed by atoms with Crippen LogP contribution in [0.25, 0.3) is 0 Å². The minimum atomic E-state index is -0.715. The van der Waals surface area contributed by atoms with E-state index in [-0.39, 0.29) is 23.4 Å². The van der Waals surface area contributed by atoms with E-state index in [2.05, 4.69) is 26.1 Å². The summed E-state index contributed by atoms with van der Waals surface area (Å²) in [6.07, 6.45) is 3.85. The van der Waals surface area contributed by atoms with E-state index in [0.29, 0.717) is 19.3 Å². The van der Waals surface area contributed by atoms with Gasteiger partial charge in [-0.2, -0.15) is 0 Å². The van der Waals surface area contributed by atoms with Crippen molar-refractivity contribution in [1.29, 1.82) is 0 Å². The van der Waals surface area contributed by atoms with E-state index in [1.807, 2.05) is 25.7 Å². The van der Waals surface area contributed by atoms with E-state index >= 15 is 0 Å². The van der Waals surface area contributed by atoms with E-state index in [1.54, 1.807) is 0 Å². The molecule has 2 amide bonds. The zero-order valence-corrected chi connectivity index (χ0v) is 13.9. The van der Waals surface area contributed by atoms with Gasteiger partial charge in [-0.05, 0) is 39.5 Å². The fourth-order valence-corrected chi connectivity index (χ4v) is 3.39. The number of nitrogens with one attached hydrogen (secondary N) is 1. The number of rotatable bonds is 6. The van der Waals surface area contributed by atoms with Crippen LogP contribution in [-0.2, 0) is 9.59 Å². The van der Waals surface area contributed by atoms with Crippen LogP contribution >= 0.6 is 0 Å². The molecule has 20 heavy (non-hydrogen) atoms. The third-order valence-electron chi connectivity index (χ3n) is 4.71. The molecule has 0 spiro atoms. The minimum absolute atomic E-state index is 0.0000203. The van der Waals surface area contributed by atoms with Gasteiger partial charge in [0.1, 0.15) is 11.6 Å². The standard InChI is InChI=1S/C16H30N2O2/c1-7-11-15(5,6)18-12(8-2)13(19)17-16(9-3,10-4)14(18)20/h12H,7-11H2,1-6H3,(H,17,19). The summed E-state index contributed by atoms with van der Waals surface area (Å²) >= 11 is 0. The van der Waals surface area contributed by atoms with E-state index in [1.165, 1.54) is 0 Å². The maximum Gasteiger partial charge on any atom is 0.249 e. The van der Waals surface area contributed by atoms with Gasteiger partial charge in [0, 0.05) is 5.54 Å². The van der Waals surface area contributed by atoms with Crippen LogP contribution in [0.1, 0.15) is 73.6 Å². The number of carbonyl (C=O) groups excluding carboxylic acids is 2. The highest BCUT2D eigenvalue weighted by Crippen LogP contribution is 2.33. The van der Waals surface area contributed by atoms with E-state index in [4.69, 9.17) is 0 Å². The molecule has 0 radical (unpaired) electrons. The van der Waals surface area contributed by atoms with Crippen molar-refractivity contribution in [3.8, 4) is 0 Å². The Hall–Kier alpha value is -1.06. The van der Waals surface area contributed by atoms with Gasteiger partial charge in [-0.1, -0.05) is 34.1 Å². The zero-order valence-electron chi connectivity index (χ0n) is 13.9. The highest BCUT2D eigenvalue weighted by molar-refractivity contribution is 6.00. The average Bonchev–Trinajstić information content (AvgIpc) is 2.40. The second kappa shape index (κ2) is 6.15. The molecule has 1 atom stereocenters. The van der Waals surface area contributed by atoms with Crippen molar-refractivity contribution >= 4 is 11.8 Å². The molecule has 0 aromatic rings. The van der Waals surface area contributed by atoms with E-state index in [9.17, 15) is 9.59 Å². The van der Waals surface area contributed by atoms with Crippen molar-refractivity contribution in [2.24, 2.45) is 0 Å². The van der Waals surface area contributed by atoms with Crippen LogP contribution in [0.15, 0.2) is 0 Å². The first-order valence-corrected chi connectivity index (χ1v) is 7.95. The Morgan fingerprint density at radius 3 is 2.10 bits per heavy atom. The predicted molar refractivity (Wildman–Crippen MR) is 81.4 cm³/mol. The summed E-state index contributed by atoms with van der Waals surface area (Å²) in [6.45, 7) is 12.2. The minimum Gasteiger partial charge on any atom is -0.340 e. The zero-order chi connectivity index (χ0) is 15.6. The third kappa shape index (κ3) is 2.70. The third-order valence-corrected chi connectivity index (χ3v) is 4.71. The number of nitrogens with zero attached hydrogens (tertiary/aromatic N) is 1. The lowest BCUT2D eigenvalue weighted by Crippen LogP contribution is -2.73. The molecule has 0 aliphatic carbocycles. The smallest absolute Gasteiger partial charge is 0.249 e. The second-order valence-corrected chi connectivity index (χ2v) is 6.44. The first-order chi connectivity index (χ1) is 9.29. The van der Waals surface area contributed by atoms with Crippen molar-refractivity contribution in [3.63, 3.8) is 0 Å². The van der Waals surface area contributed by atoms with Gasteiger partial charge in [-0.15, -0.1) is 0 Å². The molecule has 4 nitrogen and oxygen atoms in total. The van der Waals surface area contributed by atoms with Crippen LogP contribution in [0.5, 0.6) is 0 Å². The Labute approximate surface area is 123 Å². The van der Waals surface area contributed by atoms with Gasteiger partial charge in [0.05, 0.1) is 0 Å². The molecule has 1 rings (SSSR count). The van der Waals surface area contributed by atoms with E-state index in [0.717, 1.165) is 12.8 Å². The van der Waals surface area contributed by atoms with Crippen molar-refractivity contribution in [2.45, 2.75) is 90.8 Å². The molecule has 0 aromatic carbocycles. The molecule has 1 aliphatic rings. The Kier molecular flexibility index (Phi) is 5.22. The highest BCUT2D eigenvalue weighted by Gasteiger charge is 2.52. The van der Waals surface area contributed by atoms with Gasteiger partial charge in [-0.3, -0.25) is 9.59 Å². The molecule has 116 valence electrons. The molecular formula is C16H30N2O2. The predicted octanol–water partition coefficient (Wildman–Crippen LogP) is 2.86. The van der Waals surface area contributed by atoms with Crippen LogP contribution < -0.4 is 5.32 Å². The van der Waals surface area contributed by atoms with Crippen LogP contribution in [-0.4, -0.2) is 33.8 Å². The molecule has 0 bridgehead atoms. The van der Waals surface area contributed by atoms with Gasteiger partial charge in [0.2, 0.25) is 11.8 Å². The van der Waals surface area contributed by atoms with Gasteiger partial charge in [-0.25, -0.2) is 0 Å². The van der Waals surface area contributed by atoms with Crippen LogP contribution in [0.4, 0.5) is 0 Å². The van der Waals surface area contributed by atoms with Gasteiger partial charge >= 0.3 is 0 Å². The topological polar surface area (TPSA) is 49.4 Å². The van der Waals surface area contributed by atoms with Crippen molar-refractivity contribution in [2.75, 3.05) is 0 Å². The number of hydrogen-bond donors (Lipinski definition) is 1. The molecule has 4 heteroatoms. The number of carbonyl (C=O) groups is 2. The molecule has 1 heterocycles. The molecule has 0 saturated carbocycles. The lowest BCUT2D eigenvalue weighted by atomic mass is 9.82. The van der Waals surface area contributed by atoms with Crippen LogP contribution in [0.3, 0.4) is 0 Å². The van der Waals surface area contributed by atoms with Crippen molar-refractivity contribution < 1.29 is 9.59 Å². The maximum atomic E-state index is 13.1. The fourth-order valence-electron chi connectivity index (χ4n) is 3.39. The lowest BCUT2D eigenvalue weighted by molar-refractivity contribution is -0.163. The Morgan fingerprint density at radius 2 is 1.70 bits per heavy atom. The van der Waals surface area contributed by atoms with Crippen molar-refractivity contribution in [1.82, 2.24) is 10.2 Å². The van der Waals surface area contributed by atoms with Crippen molar-refractivity contribution in [3.05, 3.63) is 0 Å². The monoisotopic (exact) mass is 282 g/mol. The fraction of sp³-hybridized carbons (Fsp3) is 0.875. The molecule has 1 saturated heterocycles. The molecular weight excluding hydrogens is 252 g/mol. The molecule has 0 aromatic heterocycles. The summed E-state index contributed by atoms with van der Waals surface area (Å²) in [7, 11) is 0. The average molecular weight is 282 g/mol. The summed E-state index contributed by atoms with van der Waals surface area (Å²) in [5.41, 5.74) is -0.992. The molecule has 1 N–H and O–H groups in total. The second-order valence-electron chi connectivity index (χ2n) is 6.44. The van der Waals surface area contributed by atoms with Crippen LogP contribution in [0.2, 0.25) is 0 Å². The number of amides is 2. The first-order valence-electron chi connectivity index (χ1n) is 7.95. The van der Waals surface area contributed by atoms with E-state index < -0.39 is 5.54 Å². The summed E-state index contributed by atoms with van der Waals surface area (Å²) < 4.78 is 0. The quantitative estimate of drug-likeness (QED) is 0.814. The highest BCUT2D eigenvalue weighted by atomic mass is 16.2. The normalized spacial score (nSPS) is 22.9. The van der Waals surface area contributed by atoms with Gasteiger partial charge in [0.15, 0.2) is 0 Å². The van der Waals surface area contributed by atoms with Crippen LogP contribution in [0, 0.1) is 0 Å².